The van der Waals surface area contributed by atoms with Gasteiger partial charge in [0.2, 0.25) is 5.89 Å². The van der Waals surface area contributed by atoms with Gasteiger partial charge in [0.15, 0.2) is 16.5 Å². The minimum Gasteiger partial charge on any atom is -0.414 e. The minimum atomic E-state index is -2.88. The van der Waals surface area contributed by atoms with E-state index in [-0.39, 0.29) is 17.4 Å². The number of benzene rings is 1. The summed E-state index contributed by atoms with van der Waals surface area (Å²) in [5, 5.41) is 4.51. The van der Waals surface area contributed by atoms with E-state index in [2.05, 4.69) is 34.3 Å². The van der Waals surface area contributed by atoms with Crippen LogP contribution in [0.25, 0.3) is 0 Å². The van der Waals surface area contributed by atoms with E-state index in [4.69, 9.17) is 16.6 Å². The second-order valence-corrected chi connectivity index (χ2v) is 10.0. The van der Waals surface area contributed by atoms with E-state index in [1.54, 1.807) is 4.68 Å². The van der Waals surface area contributed by atoms with Crippen molar-refractivity contribution in [3.8, 4) is 0 Å². The first kappa shape index (κ1) is 18.6. The third-order valence-corrected chi connectivity index (χ3v) is 7.53. The molecule has 0 amide bonds. The van der Waals surface area contributed by atoms with Crippen LogP contribution in [-0.2, 0) is 22.9 Å². The summed E-state index contributed by atoms with van der Waals surface area (Å²) in [7, 11) is -2.88. The first-order chi connectivity index (χ1) is 13.0. The Hall–Kier alpha value is -1.71. The van der Waals surface area contributed by atoms with Gasteiger partial charge in [-0.3, -0.25) is 0 Å². The van der Waals surface area contributed by atoms with E-state index in [1.807, 2.05) is 6.07 Å². The Kier molecular flexibility index (Phi) is 5.34. The Labute approximate surface area is 164 Å². The lowest BCUT2D eigenvalue weighted by Crippen LogP contribution is -3.14. The van der Waals surface area contributed by atoms with Gasteiger partial charge in [-0.15, -0.1) is 5.10 Å². The lowest BCUT2D eigenvalue weighted by atomic mass is 10.1. The zero-order valence-electron chi connectivity index (χ0n) is 15.2. The summed E-state index contributed by atoms with van der Waals surface area (Å²) in [5.74, 6) is 1.16. The lowest BCUT2D eigenvalue weighted by Gasteiger charge is -2.33. The molecule has 0 radical (unpaired) electrons. The van der Waals surface area contributed by atoms with Crippen molar-refractivity contribution < 1.29 is 17.7 Å². The third kappa shape index (κ3) is 4.59. The smallest absolute Gasteiger partial charge is 0.291 e. The van der Waals surface area contributed by atoms with E-state index < -0.39 is 9.84 Å². The van der Waals surface area contributed by atoms with Gasteiger partial charge in [-0.25, -0.2) is 8.42 Å². The Morgan fingerprint density at radius 2 is 1.96 bits per heavy atom. The number of anilines is 1. The molecular formula is C18H25N4O3S2+. The van der Waals surface area contributed by atoms with Gasteiger partial charge in [-0.2, -0.15) is 4.68 Å². The van der Waals surface area contributed by atoms with Crippen LogP contribution in [0.2, 0.25) is 0 Å². The van der Waals surface area contributed by atoms with Crippen molar-refractivity contribution in [3.05, 3.63) is 41.1 Å². The molecule has 146 valence electrons. The average molecular weight is 410 g/mol. The molecule has 1 aromatic heterocycles. The number of nitrogens with one attached hydrogen (secondary N) is 1. The number of quaternary nitrogens is 1. The number of nitrogens with zero attached hydrogens (tertiary/aromatic N) is 3. The van der Waals surface area contributed by atoms with Gasteiger partial charge in [0.1, 0.15) is 0 Å². The molecule has 2 aromatic rings. The van der Waals surface area contributed by atoms with Crippen LogP contribution in [0.15, 0.2) is 34.7 Å². The zero-order valence-corrected chi connectivity index (χ0v) is 16.8. The number of aromatic nitrogens is 2. The summed E-state index contributed by atoms with van der Waals surface area (Å²) < 4.78 is 30.6. The zero-order chi connectivity index (χ0) is 18.9. The fourth-order valence-corrected chi connectivity index (χ4v) is 5.97. The van der Waals surface area contributed by atoms with Crippen LogP contribution in [0.4, 0.5) is 5.69 Å². The predicted octanol–water partition coefficient (Wildman–Crippen LogP) is 0.545. The van der Waals surface area contributed by atoms with Crippen LogP contribution >= 0.6 is 12.2 Å². The number of para-hydroxylation sites is 1. The largest absolute Gasteiger partial charge is 0.414 e. The molecule has 2 aliphatic heterocycles. The van der Waals surface area contributed by atoms with Crippen molar-refractivity contribution in [2.75, 3.05) is 42.6 Å². The molecule has 0 bridgehead atoms. The molecule has 9 heteroatoms. The summed E-state index contributed by atoms with van der Waals surface area (Å²) in [4.78, 5) is 4.20. The van der Waals surface area contributed by atoms with E-state index in [0.717, 1.165) is 26.2 Å². The summed E-state index contributed by atoms with van der Waals surface area (Å²) in [6.45, 7) is 4.71. The highest BCUT2D eigenvalue weighted by Crippen LogP contribution is 2.22. The van der Waals surface area contributed by atoms with Crippen molar-refractivity contribution in [1.29, 1.82) is 0 Å². The van der Waals surface area contributed by atoms with Gasteiger partial charge in [0.05, 0.1) is 37.7 Å². The molecular weight excluding hydrogens is 384 g/mol. The van der Waals surface area contributed by atoms with Gasteiger partial charge in [-0.05, 0) is 36.7 Å². The number of sulfone groups is 1. The Morgan fingerprint density at radius 3 is 2.63 bits per heavy atom. The van der Waals surface area contributed by atoms with E-state index in [9.17, 15) is 8.42 Å². The third-order valence-electron chi connectivity index (χ3n) is 5.40. The van der Waals surface area contributed by atoms with Crippen molar-refractivity contribution in [1.82, 2.24) is 9.78 Å². The molecule has 0 unspecified atom stereocenters. The number of hydrogen-bond acceptors (Lipinski definition) is 6. The standard InChI is InChI=1S/C18H24N4O3S2/c23-27(24)11-6-15(13-27)12-17-19-22(18(26)25-17)14-20-7-9-21(10-8-20)16-4-2-1-3-5-16/h1-5,15H,6-14H2/p+1/t15-/m1/s1. The van der Waals surface area contributed by atoms with Crippen LogP contribution in [0.5, 0.6) is 0 Å². The topological polar surface area (TPSA) is 72.8 Å². The molecule has 3 heterocycles. The lowest BCUT2D eigenvalue weighted by molar-refractivity contribution is -0.924. The Morgan fingerprint density at radius 1 is 1.22 bits per heavy atom. The summed E-state index contributed by atoms with van der Waals surface area (Å²) in [6, 6.07) is 10.5. The summed E-state index contributed by atoms with van der Waals surface area (Å²) >= 11 is 5.32. The second-order valence-electron chi connectivity index (χ2n) is 7.47. The molecule has 7 nitrogen and oxygen atoms in total. The molecule has 2 aliphatic rings. The van der Waals surface area contributed by atoms with Crippen molar-refractivity contribution in [2.24, 2.45) is 5.92 Å². The van der Waals surface area contributed by atoms with Gasteiger partial charge in [-0.1, -0.05) is 18.2 Å². The first-order valence-corrected chi connectivity index (χ1v) is 11.6. The van der Waals surface area contributed by atoms with E-state index >= 15 is 0 Å². The molecule has 2 fully saturated rings. The minimum absolute atomic E-state index is 0.0956. The molecule has 27 heavy (non-hydrogen) atoms. The van der Waals surface area contributed by atoms with Crippen molar-refractivity contribution >= 4 is 27.7 Å². The molecule has 1 aromatic carbocycles. The molecule has 0 aliphatic carbocycles. The summed E-state index contributed by atoms with van der Waals surface area (Å²) in [6.07, 6.45) is 1.23. The SMILES string of the molecule is O=S1(=O)CC[C@H](Cc2nn(C[NH+]3CCN(c4ccccc4)CC3)c(=S)o2)C1. The van der Waals surface area contributed by atoms with Gasteiger partial charge in [0.25, 0.3) is 4.84 Å². The van der Waals surface area contributed by atoms with Gasteiger partial charge < -0.3 is 14.2 Å². The first-order valence-electron chi connectivity index (χ1n) is 9.39. The van der Waals surface area contributed by atoms with Crippen LogP contribution in [0.3, 0.4) is 0 Å². The van der Waals surface area contributed by atoms with Crippen molar-refractivity contribution in [2.45, 2.75) is 19.5 Å². The molecule has 4 rings (SSSR count). The molecule has 2 saturated heterocycles. The van der Waals surface area contributed by atoms with Gasteiger partial charge in [0, 0.05) is 12.1 Å². The van der Waals surface area contributed by atoms with Gasteiger partial charge >= 0.3 is 0 Å². The van der Waals surface area contributed by atoms with Crippen LogP contribution in [0, 0.1) is 10.8 Å². The monoisotopic (exact) mass is 409 g/mol. The highest BCUT2D eigenvalue weighted by Gasteiger charge is 2.29. The molecule has 1 N–H and O–H groups in total. The molecule has 0 saturated carbocycles. The molecule has 0 spiro atoms. The number of piperazine rings is 1. The normalized spacial score (nSPS) is 23.0. The average Bonchev–Trinajstić information content (AvgIpc) is 3.18. The highest BCUT2D eigenvalue weighted by atomic mass is 32.2. The molecule has 1 atom stereocenters. The maximum atomic E-state index is 11.6. The van der Waals surface area contributed by atoms with E-state index in [0.29, 0.717) is 30.2 Å². The summed E-state index contributed by atoms with van der Waals surface area (Å²) in [5.41, 5.74) is 1.27. The predicted molar refractivity (Wildman–Crippen MR) is 105 cm³/mol. The van der Waals surface area contributed by atoms with Crippen LogP contribution in [-0.4, -0.2) is 55.9 Å². The van der Waals surface area contributed by atoms with Crippen LogP contribution in [0.1, 0.15) is 12.3 Å². The Balaban J connectivity index is 1.33. The van der Waals surface area contributed by atoms with Crippen LogP contribution < -0.4 is 9.80 Å². The quantitative estimate of drug-likeness (QED) is 0.727. The van der Waals surface area contributed by atoms with Crippen molar-refractivity contribution in [3.63, 3.8) is 0 Å². The highest BCUT2D eigenvalue weighted by molar-refractivity contribution is 7.91. The maximum absolute atomic E-state index is 11.6. The second kappa shape index (κ2) is 7.73. The maximum Gasteiger partial charge on any atom is 0.291 e. The fourth-order valence-electron chi connectivity index (χ4n) is 3.90. The number of hydrogen-bond donors (Lipinski definition) is 1. The Bertz CT molecular complexity index is 931. The fraction of sp³-hybridized carbons (Fsp3) is 0.556. The van der Waals surface area contributed by atoms with E-state index in [1.165, 1.54) is 10.6 Å². The number of rotatable bonds is 5.